The van der Waals surface area contributed by atoms with E-state index in [0.717, 1.165) is 6.42 Å². The molecule has 0 fully saturated rings. The summed E-state index contributed by atoms with van der Waals surface area (Å²) in [7, 11) is 0. The largest absolute Gasteiger partial charge is 0.480 e. The molecule has 3 nitrogen and oxygen atoms in total. The topological polar surface area (TPSA) is 63.3 Å². The molecule has 11 heavy (non-hydrogen) atoms. The van der Waals surface area contributed by atoms with Crippen LogP contribution in [0.25, 0.3) is 0 Å². The third kappa shape index (κ3) is 2.89. The monoisotopic (exact) mass is 159 g/mol. The Labute approximate surface area is 67.6 Å². The maximum Gasteiger partial charge on any atom is 0.320 e. The van der Waals surface area contributed by atoms with E-state index in [-0.39, 0.29) is 5.92 Å². The van der Waals surface area contributed by atoms with Crippen molar-refractivity contribution >= 4 is 5.97 Å². The molecule has 3 heteroatoms. The number of carboxylic acids is 1. The van der Waals surface area contributed by atoms with E-state index in [9.17, 15) is 4.79 Å². The van der Waals surface area contributed by atoms with E-state index in [2.05, 4.69) is 0 Å². The van der Waals surface area contributed by atoms with Crippen molar-refractivity contribution in [3.05, 3.63) is 0 Å². The Hall–Kier alpha value is -0.570. The van der Waals surface area contributed by atoms with Crippen molar-refractivity contribution in [1.82, 2.24) is 0 Å². The number of aliphatic carboxylic acids is 1. The third-order valence-electron chi connectivity index (χ3n) is 2.39. The second-order valence-corrected chi connectivity index (χ2v) is 3.11. The van der Waals surface area contributed by atoms with Crippen LogP contribution in [0, 0.1) is 11.8 Å². The molecule has 66 valence electrons. The predicted octanol–water partition coefficient (Wildman–Crippen LogP) is 1.08. The summed E-state index contributed by atoms with van der Waals surface area (Å²) in [6, 6.07) is -0.718. The number of hydrogen-bond donors (Lipinski definition) is 2. The first-order chi connectivity index (χ1) is 5.00. The fraction of sp³-hybridized carbons (Fsp3) is 0.875. The van der Waals surface area contributed by atoms with E-state index < -0.39 is 12.0 Å². The molecule has 0 heterocycles. The van der Waals surface area contributed by atoms with Crippen molar-refractivity contribution in [3.8, 4) is 0 Å². The number of carbonyl (C=O) groups is 1. The Morgan fingerprint density at radius 1 is 1.55 bits per heavy atom. The molecule has 3 atom stereocenters. The lowest BCUT2D eigenvalue weighted by Gasteiger charge is -2.21. The summed E-state index contributed by atoms with van der Waals surface area (Å²) in [5, 5.41) is 8.57. The molecule has 0 radical (unpaired) electrons. The summed E-state index contributed by atoms with van der Waals surface area (Å²) in [5.41, 5.74) is 5.44. The lowest BCUT2D eigenvalue weighted by Crippen LogP contribution is -2.39. The van der Waals surface area contributed by atoms with Crippen LogP contribution in [-0.4, -0.2) is 17.1 Å². The van der Waals surface area contributed by atoms with Gasteiger partial charge in [-0.3, -0.25) is 4.79 Å². The summed E-state index contributed by atoms with van der Waals surface area (Å²) < 4.78 is 0. The molecule has 0 saturated heterocycles. The van der Waals surface area contributed by atoms with Gasteiger partial charge in [0.15, 0.2) is 0 Å². The van der Waals surface area contributed by atoms with E-state index >= 15 is 0 Å². The van der Waals surface area contributed by atoms with Crippen molar-refractivity contribution in [1.29, 1.82) is 0 Å². The molecule has 0 aliphatic rings. The molecule has 0 rings (SSSR count). The highest BCUT2D eigenvalue weighted by Crippen LogP contribution is 2.16. The van der Waals surface area contributed by atoms with Crippen molar-refractivity contribution in [2.24, 2.45) is 17.6 Å². The first-order valence-corrected chi connectivity index (χ1v) is 3.99. The maximum absolute atomic E-state index is 10.4. The van der Waals surface area contributed by atoms with Gasteiger partial charge in [-0.2, -0.15) is 0 Å². The van der Waals surface area contributed by atoms with E-state index in [1.807, 2.05) is 20.8 Å². The molecular formula is C8H17NO2. The van der Waals surface area contributed by atoms with Gasteiger partial charge in [0.25, 0.3) is 0 Å². The highest BCUT2D eigenvalue weighted by atomic mass is 16.4. The summed E-state index contributed by atoms with van der Waals surface area (Å²) in [6.07, 6.45) is 0.974. The zero-order chi connectivity index (χ0) is 9.02. The predicted molar refractivity (Wildman–Crippen MR) is 44.2 cm³/mol. The first-order valence-electron chi connectivity index (χ1n) is 3.99. The lowest BCUT2D eigenvalue weighted by atomic mass is 9.88. The van der Waals surface area contributed by atoms with Gasteiger partial charge in [-0.1, -0.05) is 27.2 Å². The minimum Gasteiger partial charge on any atom is -0.480 e. The number of nitrogens with two attached hydrogens (primary N) is 1. The Kier molecular flexibility index (Phi) is 4.11. The van der Waals surface area contributed by atoms with E-state index in [1.165, 1.54) is 0 Å². The Morgan fingerprint density at radius 3 is 2.27 bits per heavy atom. The Morgan fingerprint density at radius 2 is 2.00 bits per heavy atom. The Balaban J connectivity index is 4.00. The highest BCUT2D eigenvalue weighted by molar-refractivity contribution is 5.73. The molecule has 0 spiro atoms. The van der Waals surface area contributed by atoms with Crippen LogP contribution in [0.15, 0.2) is 0 Å². The van der Waals surface area contributed by atoms with Gasteiger partial charge >= 0.3 is 5.97 Å². The van der Waals surface area contributed by atoms with Gasteiger partial charge in [-0.05, 0) is 11.8 Å². The minimum absolute atomic E-state index is 0.0532. The van der Waals surface area contributed by atoms with Crippen LogP contribution in [0.4, 0.5) is 0 Å². The SMILES string of the molecule is CC[C@H](C)[C@H](C)[C@H](N)C(=O)O. The quantitative estimate of drug-likeness (QED) is 0.645. The summed E-state index contributed by atoms with van der Waals surface area (Å²) in [4.78, 5) is 10.4. The molecule has 0 aromatic carbocycles. The highest BCUT2D eigenvalue weighted by Gasteiger charge is 2.23. The molecule has 0 aromatic rings. The molecule has 0 unspecified atom stereocenters. The normalized spacial score (nSPS) is 18.9. The van der Waals surface area contributed by atoms with Crippen molar-refractivity contribution in [2.45, 2.75) is 33.2 Å². The average molecular weight is 159 g/mol. The number of carboxylic acid groups (broad SMARTS) is 1. The van der Waals surface area contributed by atoms with Crippen LogP contribution in [0.5, 0.6) is 0 Å². The fourth-order valence-corrected chi connectivity index (χ4v) is 0.951. The molecule has 0 aromatic heterocycles. The zero-order valence-corrected chi connectivity index (χ0v) is 7.37. The van der Waals surface area contributed by atoms with Gasteiger partial charge in [0, 0.05) is 0 Å². The van der Waals surface area contributed by atoms with Crippen LogP contribution in [0.3, 0.4) is 0 Å². The van der Waals surface area contributed by atoms with E-state index in [0.29, 0.717) is 5.92 Å². The van der Waals surface area contributed by atoms with Crippen LogP contribution in [0.1, 0.15) is 27.2 Å². The van der Waals surface area contributed by atoms with Gasteiger partial charge in [0.2, 0.25) is 0 Å². The van der Waals surface area contributed by atoms with Crippen molar-refractivity contribution in [2.75, 3.05) is 0 Å². The number of hydrogen-bond acceptors (Lipinski definition) is 2. The first kappa shape index (κ1) is 10.4. The summed E-state index contributed by atoms with van der Waals surface area (Å²) in [6.45, 7) is 5.94. The van der Waals surface area contributed by atoms with Crippen molar-refractivity contribution < 1.29 is 9.90 Å². The van der Waals surface area contributed by atoms with Crippen molar-refractivity contribution in [3.63, 3.8) is 0 Å². The number of rotatable bonds is 4. The second kappa shape index (κ2) is 4.34. The van der Waals surface area contributed by atoms with Crippen LogP contribution in [0.2, 0.25) is 0 Å². The van der Waals surface area contributed by atoms with Crippen LogP contribution in [-0.2, 0) is 4.79 Å². The molecule has 0 aliphatic heterocycles. The Bertz CT molecular complexity index is 136. The molecule has 0 amide bonds. The van der Waals surface area contributed by atoms with Crippen LogP contribution >= 0.6 is 0 Å². The minimum atomic E-state index is -0.905. The fourth-order valence-electron chi connectivity index (χ4n) is 0.951. The van der Waals surface area contributed by atoms with Gasteiger partial charge < -0.3 is 10.8 Å². The molecule has 0 aliphatic carbocycles. The summed E-state index contributed by atoms with van der Waals surface area (Å²) in [5.74, 6) is -0.476. The molecule has 0 saturated carbocycles. The third-order valence-corrected chi connectivity index (χ3v) is 2.39. The second-order valence-electron chi connectivity index (χ2n) is 3.11. The standard InChI is InChI=1S/C8H17NO2/c1-4-5(2)6(3)7(9)8(10)11/h5-7H,4,9H2,1-3H3,(H,10,11)/t5-,6-,7-/m0/s1. The van der Waals surface area contributed by atoms with Gasteiger partial charge in [0.05, 0.1) is 0 Å². The van der Waals surface area contributed by atoms with Gasteiger partial charge in [-0.25, -0.2) is 0 Å². The lowest BCUT2D eigenvalue weighted by molar-refractivity contribution is -0.140. The van der Waals surface area contributed by atoms with Gasteiger partial charge in [0.1, 0.15) is 6.04 Å². The van der Waals surface area contributed by atoms with Gasteiger partial charge in [-0.15, -0.1) is 0 Å². The van der Waals surface area contributed by atoms with E-state index in [1.54, 1.807) is 0 Å². The molecule has 0 bridgehead atoms. The summed E-state index contributed by atoms with van der Waals surface area (Å²) >= 11 is 0. The van der Waals surface area contributed by atoms with E-state index in [4.69, 9.17) is 10.8 Å². The zero-order valence-electron chi connectivity index (χ0n) is 7.37. The molecular weight excluding hydrogens is 142 g/mol. The average Bonchev–Trinajstić information content (AvgIpc) is 2.00. The van der Waals surface area contributed by atoms with Crippen LogP contribution < -0.4 is 5.73 Å². The maximum atomic E-state index is 10.4. The smallest absolute Gasteiger partial charge is 0.320 e. The molecule has 3 N–H and O–H groups in total.